The molecule has 0 unspecified atom stereocenters. The molecule has 0 spiro atoms. The van der Waals surface area contributed by atoms with Crippen molar-refractivity contribution in [3.05, 3.63) is 17.0 Å². The molecule has 2 fully saturated rings. The van der Waals surface area contributed by atoms with Crippen LogP contribution in [0.1, 0.15) is 42.7 Å². The average molecular weight is 263 g/mol. The summed E-state index contributed by atoms with van der Waals surface area (Å²) in [6.45, 7) is 8.74. The summed E-state index contributed by atoms with van der Waals surface area (Å²) >= 11 is 0. The lowest BCUT2D eigenvalue weighted by molar-refractivity contribution is 0.189. The maximum Gasteiger partial charge on any atom is 0.138 e. The third-order valence-corrected chi connectivity index (χ3v) is 4.56. The highest BCUT2D eigenvalue weighted by atomic mass is 16.5. The number of aryl methyl sites for hydroxylation is 2. The molecule has 4 nitrogen and oxygen atoms in total. The fraction of sp³-hybridized carbons (Fsp3) is 0.800. The zero-order valence-corrected chi connectivity index (χ0v) is 12.1. The summed E-state index contributed by atoms with van der Waals surface area (Å²) in [6.07, 6.45) is 5.39. The normalized spacial score (nSPS) is 21.2. The highest BCUT2D eigenvalue weighted by Gasteiger charge is 2.32. The maximum atomic E-state index is 5.30. The molecule has 106 valence electrons. The minimum Gasteiger partial charge on any atom is -0.361 e. The minimum absolute atomic E-state index is 0.809. The first-order valence-corrected chi connectivity index (χ1v) is 7.60. The molecular weight excluding hydrogens is 238 g/mol. The Bertz CT molecular complexity index is 400. The van der Waals surface area contributed by atoms with Gasteiger partial charge in [-0.3, -0.25) is 4.90 Å². The van der Waals surface area contributed by atoms with Crippen molar-refractivity contribution in [2.24, 2.45) is 5.92 Å². The van der Waals surface area contributed by atoms with Gasteiger partial charge in [0.1, 0.15) is 5.76 Å². The lowest BCUT2D eigenvalue weighted by Crippen LogP contribution is -2.37. The molecule has 4 heteroatoms. The van der Waals surface area contributed by atoms with E-state index in [2.05, 4.69) is 22.3 Å². The molecule has 19 heavy (non-hydrogen) atoms. The van der Waals surface area contributed by atoms with Crippen LogP contribution in [0.4, 0.5) is 0 Å². The molecule has 2 heterocycles. The van der Waals surface area contributed by atoms with Gasteiger partial charge < -0.3 is 9.84 Å². The quantitative estimate of drug-likeness (QED) is 0.884. The first-order valence-electron chi connectivity index (χ1n) is 7.60. The molecule has 0 amide bonds. The molecule has 1 aliphatic heterocycles. The van der Waals surface area contributed by atoms with E-state index in [1.807, 2.05) is 6.92 Å². The van der Waals surface area contributed by atoms with Crippen LogP contribution in [0.5, 0.6) is 0 Å². The van der Waals surface area contributed by atoms with Crippen LogP contribution in [-0.4, -0.2) is 35.7 Å². The van der Waals surface area contributed by atoms with Gasteiger partial charge in [0.2, 0.25) is 0 Å². The number of hydrogen-bond acceptors (Lipinski definition) is 4. The molecule has 0 bridgehead atoms. The van der Waals surface area contributed by atoms with E-state index in [4.69, 9.17) is 4.52 Å². The second-order valence-corrected chi connectivity index (χ2v) is 6.16. The Hall–Kier alpha value is -0.870. The summed E-state index contributed by atoms with van der Waals surface area (Å²) < 4.78 is 5.30. The molecule has 0 aromatic carbocycles. The number of rotatable bonds is 5. The summed E-state index contributed by atoms with van der Waals surface area (Å²) in [5.74, 6) is 1.86. The van der Waals surface area contributed by atoms with Crippen LogP contribution in [0.15, 0.2) is 4.52 Å². The molecule has 1 N–H and O–H groups in total. The topological polar surface area (TPSA) is 41.3 Å². The van der Waals surface area contributed by atoms with Crippen LogP contribution < -0.4 is 5.32 Å². The van der Waals surface area contributed by atoms with Crippen molar-refractivity contribution in [2.75, 3.05) is 19.6 Å². The summed E-state index contributed by atoms with van der Waals surface area (Å²) in [6, 6.07) is 0.809. The second-order valence-electron chi connectivity index (χ2n) is 6.16. The zero-order chi connectivity index (χ0) is 13.2. The number of hydrogen-bond donors (Lipinski definition) is 1. The molecule has 1 saturated heterocycles. The Labute approximate surface area is 115 Å². The molecule has 1 aliphatic carbocycles. The largest absolute Gasteiger partial charge is 0.361 e. The van der Waals surface area contributed by atoms with Gasteiger partial charge in [0.15, 0.2) is 0 Å². The Morgan fingerprint density at radius 3 is 2.53 bits per heavy atom. The van der Waals surface area contributed by atoms with Crippen LogP contribution in [0.3, 0.4) is 0 Å². The fourth-order valence-electron chi connectivity index (χ4n) is 3.11. The Morgan fingerprint density at radius 1 is 1.21 bits per heavy atom. The van der Waals surface area contributed by atoms with Crippen molar-refractivity contribution in [1.82, 2.24) is 15.4 Å². The van der Waals surface area contributed by atoms with Crippen molar-refractivity contribution in [1.29, 1.82) is 0 Å². The first kappa shape index (κ1) is 13.1. The smallest absolute Gasteiger partial charge is 0.138 e. The molecule has 1 aromatic heterocycles. The van der Waals surface area contributed by atoms with E-state index in [1.165, 1.54) is 50.9 Å². The van der Waals surface area contributed by atoms with Gasteiger partial charge in [0.05, 0.1) is 5.69 Å². The molecular formula is C15H25N3O. The van der Waals surface area contributed by atoms with E-state index in [-0.39, 0.29) is 0 Å². The second kappa shape index (κ2) is 5.63. The van der Waals surface area contributed by atoms with Crippen LogP contribution in [-0.2, 0) is 6.54 Å². The zero-order valence-electron chi connectivity index (χ0n) is 12.1. The SMILES string of the molecule is Cc1noc(C)c1CN(CC1CCNCC1)C1CC1. The fourth-order valence-corrected chi connectivity index (χ4v) is 3.11. The lowest BCUT2D eigenvalue weighted by Gasteiger charge is -2.30. The molecule has 0 radical (unpaired) electrons. The van der Waals surface area contributed by atoms with Gasteiger partial charge in [-0.2, -0.15) is 0 Å². The Morgan fingerprint density at radius 2 is 1.95 bits per heavy atom. The van der Waals surface area contributed by atoms with E-state index in [0.29, 0.717) is 0 Å². The summed E-state index contributed by atoms with van der Waals surface area (Å²) in [5.41, 5.74) is 2.37. The third kappa shape index (κ3) is 3.18. The number of piperidine rings is 1. The van der Waals surface area contributed by atoms with Crippen molar-refractivity contribution in [2.45, 2.75) is 52.1 Å². The Kier molecular flexibility index (Phi) is 3.89. The molecule has 2 aliphatic rings. The van der Waals surface area contributed by atoms with Gasteiger partial charge in [-0.25, -0.2) is 0 Å². The van der Waals surface area contributed by atoms with Crippen molar-refractivity contribution in [3.63, 3.8) is 0 Å². The van der Waals surface area contributed by atoms with Gasteiger partial charge >= 0.3 is 0 Å². The molecule has 1 aromatic rings. The van der Waals surface area contributed by atoms with Crippen LogP contribution in [0.2, 0.25) is 0 Å². The number of nitrogens with one attached hydrogen (secondary N) is 1. The summed E-state index contributed by atoms with van der Waals surface area (Å²) in [5, 5.41) is 7.54. The van der Waals surface area contributed by atoms with Crippen molar-refractivity contribution in [3.8, 4) is 0 Å². The van der Waals surface area contributed by atoms with Crippen molar-refractivity contribution >= 4 is 0 Å². The van der Waals surface area contributed by atoms with Crippen LogP contribution in [0, 0.1) is 19.8 Å². The van der Waals surface area contributed by atoms with Gasteiger partial charge in [0, 0.05) is 24.7 Å². The van der Waals surface area contributed by atoms with E-state index in [9.17, 15) is 0 Å². The third-order valence-electron chi connectivity index (χ3n) is 4.56. The van der Waals surface area contributed by atoms with Gasteiger partial charge in [-0.15, -0.1) is 0 Å². The van der Waals surface area contributed by atoms with E-state index >= 15 is 0 Å². The number of nitrogens with zero attached hydrogens (tertiary/aromatic N) is 2. The van der Waals surface area contributed by atoms with Gasteiger partial charge in [-0.1, -0.05) is 5.16 Å². The van der Waals surface area contributed by atoms with Crippen LogP contribution >= 0.6 is 0 Å². The summed E-state index contributed by atoms with van der Waals surface area (Å²) in [4.78, 5) is 2.67. The predicted octanol–water partition coefficient (Wildman–Crippen LogP) is 2.26. The first-order chi connectivity index (χ1) is 9.24. The highest BCUT2D eigenvalue weighted by Crippen LogP contribution is 2.31. The summed E-state index contributed by atoms with van der Waals surface area (Å²) in [7, 11) is 0. The van der Waals surface area contributed by atoms with Gasteiger partial charge in [0.25, 0.3) is 0 Å². The predicted molar refractivity (Wildman–Crippen MR) is 75.0 cm³/mol. The monoisotopic (exact) mass is 263 g/mol. The van der Waals surface area contributed by atoms with Crippen molar-refractivity contribution < 1.29 is 4.52 Å². The molecule has 3 rings (SSSR count). The molecule has 1 saturated carbocycles. The van der Waals surface area contributed by atoms with E-state index in [1.54, 1.807) is 0 Å². The van der Waals surface area contributed by atoms with Crippen LogP contribution in [0.25, 0.3) is 0 Å². The Balaban J connectivity index is 1.64. The van der Waals surface area contributed by atoms with Gasteiger partial charge in [-0.05, 0) is 58.5 Å². The maximum absolute atomic E-state index is 5.30. The number of aromatic nitrogens is 1. The average Bonchev–Trinajstić information content (AvgIpc) is 3.21. The van der Waals surface area contributed by atoms with E-state index in [0.717, 1.165) is 30.0 Å². The standard InChI is InChI=1S/C15H25N3O/c1-11-15(12(2)19-17-11)10-18(14-3-4-14)9-13-5-7-16-8-6-13/h13-14,16H,3-10H2,1-2H3. The highest BCUT2D eigenvalue weighted by molar-refractivity contribution is 5.21. The van der Waals surface area contributed by atoms with E-state index < -0.39 is 0 Å². The lowest BCUT2D eigenvalue weighted by atomic mass is 9.97. The minimum atomic E-state index is 0.809. The molecule has 0 atom stereocenters.